The molecule has 0 radical (unpaired) electrons. The van der Waals surface area contributed by atoms with E-state index in [1.165, 1.54) is 23.5 Å². The molecule has 4 heteroatoms. The van der Waals surface area contributed by atoms with E-state index in [0.29, 0.717) is 19.0 Å². The van der Waals surface area contributed by atoms with Gasteiger partial charge in [0.25, 0.3) is 5.56 Å². The molecule has 0 saturated heterocycles. The van der Waals surface area contributed by atoms with E-state index in [1.54, 1.807) is 10.8 Å². The Morgan fingerprint density at radius 2 is 2.00 bits per heavy atom. The van der Waals surface area contributed by atoms with Crippen LogP contribution in [0.15, 0.2) is 21.9 Å². The van der Waals surface area contributed by atoms with Gasteiger partial charge >= 0.3 is 5.69 Å². The van der Waals surface area contributed by atoms with Gasteiger partial charge in [-0.15, -0.1) is 0 Å². The molecule has 1 aromatic rings. The average Bonchev–Trinajstić information content (AvgIpc) is 2.81. The lowest BCUT2D eigenvalue weighted by Crippen LogP contribution is -2.40. The molecule has 0 bridgehead atoms. The van der Waals surface area contributed by atoms with Crippen LogP contribution in [-0.2, 0) is 13.1 Å². The van der Waals surface area contributed by atoms with Crippen molar-refractivity contribution in [3.63, 3.8) is 0 Å². The van der Waals surface area contributed by atoms with Gasteiger partial charge in [-0.05, 0) is 25.2 Å². The van der Waals surface area contributed by atoms with Crippen molar-refractivity contribution in [3.8, 4) is 0 Å². The van der Waals surface area contributed by atoms with Gasteiger partial charge in [0.2, 0.25) is 0 Å². The minimum Gasteiger partial charge on any atom is -0.300 e. The normalized spacial score (nSPS) is 16.5. The van der Waals surface area contributed by atoms with Gasteiger partial charge in [0, 0.05) is 25.4 Å². The molecular formula is C13H20N2O2. The van der Waals surface area contributed by atoms with Crippen LogP contribution in [0.3, 0.4) is 0 Å². The van der Waals surface area contributed by atoms with Crippen molar-refractivity contribution in [2.24, 2.45) is 5.92 Å². The summed E-state index contributed by atoms with van der Waals surface area (Å²) >= 11 is 0. The standard InChI is InChI=1S/C13H20N2O2/c1-2-8-14-9-7-12(16)15(13(14)17)10-11-5-3-4-6-11/h7,9,11H,2-6,8,10H2,1H3. The van der Waals surface area contributed by atoms with Crippen molar-refractivity contribution in [3.05, 3.63) is 33.1 Å². The molecule has 1 fully saturated rings. The van der Waals surface area contributed by atoms with Gasteiger partial charge < -0.3 is 4.57 Å². The quantitative estimate of drug-likeness (QED) is 0.797. The summed E-state index contributed by atoms with van der Waals surface area (Å²) in [5.41, 5.74) is -0.305. The first-order valence-corrected chi connectivity index (χ1v) is 6.52. The highest BCUT2D eigenvalue weighted by Crippen LogP contribution is 2.25. The van der Waals surface area contributed by atoms with Gasteiger partial charge in [0.05, 0.1) is 0 Å². The zero-order chi connectivity index (χ0) is 12.3. The Hall–Kier alpha value is -1.32. The maximum atomic E-state index is 12.1. The summed E-state index contributed by atoms with van der Waals surface area (Å²) in [6.07, 6.45) is 7.27. The lowest BCUT2D eigenvalue weighted by atomic mass is 10.1. The van der Waals surface area contributed by atoms with Gasteiger partial charge in [0.15, 0.2) is 0 Å². The molecule has 1 saturated carbocycles. The number of nitrogens with zero attached hydrogens (tertiary/aromatic N) is 2. The molecule has 4 nitrogen and oxygen atoms in total. The second-order valence-electron chi connectivity index (χ2n) is 4.89. The van der Waals surface area contributed by atoms with Crippen LogP contribution in [0.2, 0.25) is 0 Å². The molecule has 94 valence electrons. The second-order valence-corrected chi connectivity index (χ2v) is 4.89. The number of aryl methyl sites for hydroxylation is 1. The molecule has 0 N–H and O–H groups in total. The number of rotatable bonds is 4. The summed E-state index contributed by atoms with van der Waals surface area (Å²) in [7, 11) is 0. The van der Waals surface area contributed by atoms with E-state index < -0.39 is 0 Å². The van der Waals surface area contributed by atoms with Crippen LogP contribution in [0.5, 0.6) is 0 Å². The number of aromatic nitrogens is 2. The van der Waals surface area contributed by atoms with E-state index in [-0.39, 0.29) is 11.2 Å². The van der Waals surface area contributed by atoms with Crippen LogP contribution >= 0.6 is 0 Å². The van der Waals surface area contributed by atoms with Gasteiger partial charge in [-0.25, -0.2) is 4.79 Å². The smallest absolute Gasteiger partial charge is 0.300 e. The molecule has 1 heterocycles. The van der Waals surface area contributed by atoms with Crippen LogP contribution < -0.4 is 11.2 Å². The Morgan fingerprint density at radius 1 is 1.29 bits per heavy atom. The van der Waals surface area contributed by atoms with Crippen LogP contribution in [0, 0.1) is 5.92 Å². The third-order valence-electron chi connectivity index (χ3n) is 3.52. The first-order valence-electron chi connectivity index (χ1n) is 6.52. The lowest BCUT2D eigenvalue weighted by molar-refractivity contribution is 0.422. The second kappa shape index (κ2) is 5.34. The highest BCUT2D eigenvalue weighted by atomic mass is 16.2. The van der Waals surface area contributed by atoms with E-state index in [9.17, 15) is 9.59 Å². The average molecular weight is 236 g/mol. The lowest BCUT2D eigenvalue weighted by Gasteiger charge is -2.12. The van der Waals surface area contributed by atoms with Crippen molar-refractivity contribution >= 4 is 0 Å². The largest absolute Gasteiger partial charge is 0.330 e. The maximum Gasteiger partial charge on any atom is 0.330 e. The van der Waals surface area contributed by atoms with Crippen LogP contribution in [0.25, 0.3) is 0 Å². The van der Waals surface area contributed by atoms with Crippen LogP contribution in [-0.4, -0.2) is 9.13 Å². The molecule has 0 atom stereocenters. The molecule has 0 aromatic carbocycles. The predicted octanol–water partition coefficient (Wildman–Crippen LogP) is 1.61. The minimum absolute atomic E-state index is 0.147. The third kappa shape index (κ3) is 2.68. The summed E-state index contributed by atoms with van der Waals surface area (Å²) < 4.78 is 3.04. The summed E-state index contributed by atoms with van der Waals surface area (Å²) in [5, 5.41) is 0. The number of hydrogen-bond acceptors (Lipinski definition) is 2. The van der Waals surface area contributed by atoms with Gasteiger partial charge in [-0.1, -0.05) is 19.8 Å². The molecule has 0 amide bonds. The van der Waals surface area contributed by atoms with E-state index in [0.717, 1.165) is 19.3 Å². The fraction of sp³-hybridized carbons (Fsp3) is 0.692. The van der Waals surface area contributed by atoms with Crippen molar-refractivity contribution in [1.29, 1.82) is 0 Å². The molecule has 1 aliphatic rings. The third-order valence-corrected chi connectivity index (χ3v) is 3.52. The highest BCUT2D eigenvalue weighted by Gasteiger charge is 2.17. The Balaban J connectivity index is 2.27. The van der Waals surface area contributed by atoms with E-state index in [4.69, 9.17) is 0 Å². The topological polar surface area (TPSA) is 44.0 Å². The fourth-order valence-corrected chi connectivity index (χ4v) is 2.59. The van der Waals surface area contributed by atoms with Crippen molar-refractivity contribution in [1.82, 2.24) is 9.13 Å². The molecular weight excluding hydrogens is 216 g/mol. The van der Waals surface area contributed by atoms with E-state index >= 15 is 0 Å². The van der Waals surface area contributed by atoms with Crippen LogP contribution in [0.4, 0.5) is 0 Å². The minimum atomic E-state index is -0.158. The molecule has 2 rings (SSSR count). The summed E-state index contributed by atoms with van der Waals surface area (Å²) in [5.74, 6) is 0.512. The molecule has 17 heavy (non-hydrogen) atoms. The molecule has 0 unspecified atom stereocenters. The van der Waals surface area contributed by atoms with Crippen LogP contribution in [0.1, 0.15) is 39.0 Å². The fourth-order valence-electron chi connectivity index (χ4n) is 2.59. The first kappa shape index (κ1) is 12.1. The summed E-state index contributed by atoms with van der Waals surface area (Å²) in [6, 6.07) is 1.51. The van der Waals surface area contributed by atoms with Crippen molar-refractivity contribution in [2.75, 3.05) is 0 Å². The van der Waals surface area contributed by atoms with Crippen molar-refractivity contribution in [2.45, 2.75) is 52.1 Å². The first-order chi connectivity index (χ1) is 8.22. The summed E-state index contributed by atoms with van der Waals surface area (Å²) in [6.45, 7) is 3.31. The Kier molecular flexibility index (Phi) is 3.82. The SMILES string of the molecule is CCCn1ccc(=O)n(CC2CCCC2)c1=O. The molecule has 0 spiro atoms. The Morgan fingerprint density at radius 3 is 2.65 bits per heavy atom. The zero-order valence-corrected chi connectivity index (χ0v) is 10.4. The molecule has 1 aliphatic carbocycles. The van der Waals surface area contributed by atoms with Crippen molar-refractivity contribution < 1.29 is 0 Å². The highest BCUT2D eigenvalue weighted by molar-refractivity contribution is 4.87. The Labute approximate surface area is 101 Å². The predicted molar refractivity (Wildman–Crippen MR) is 67.2 cm³/mol. The monoisotopic (exact) mass is 236 g/mol. The van der Waals surface area contributed by atoms with E-state index in [1.807, 2.05) is 6.92 Å². The Bertz CT molecular complexity index is 481. The van der Waals surface area contributed by atoms with Gasteiger partial charge in [-0.3, -0.25) is 9.36 Å². The summed E-state index contributed by atoms with van der Waals surface area (Å²) in [4.78, 5) is 23.8. The number of hydrogen-bond donors (Lipinski definition) is 0. The maximum absolute atomic E-state index is 12.1. The van der Waals surface area contributed by atoms with Gasteiger partial charge in [0.1, 0.15) is 0 Å². The van der Waals surface area contributed by atoms with E-state index in [2.05, 4.69) is 0 Å². The molecule has 1 aromatic heterocycles. The van der Waals surface area contributed by atoms with Gasteiger partial charge in [-0.2, -0.15) is 0 Å². The molecule has 0 aliphatic heterocycles. The zero-order valence-electron chi connectivity index (χ0n) is 10.4.